The normalized spacial score (nSPS) is 12.3. The van der Waals surface area contributed by atoms with Gasteiger partial charge in [-0.05, 0) is 6.42 Å². The first-order valence-electron chi connectivity index (χ1n) is 2.98. The summed E-state index contributed by atoms with van der Waals surface area (Å²) >= 11 is 0. The standard InChI is InChI=1S/C6H10O4/c1-3-5(8)6(9)10-4(2)7/h5,8H,3H2,1-2H3/t5-/m1/s1. The van der Waals surface area contributed by atoms with E-state index in [4.69, 9.17) is 5.11 Å². The molecule has 58 valence electrons. The van der Waals surface area contributed by atoms with Crippen molar-refractivity contribution in [3.05, 3.63) is 0 Å². The van der Waals surface area contributed by atoms with Crippen molar-refractivity contribution in [3.63, 3.8) is 0 Å². The molecule has 0 aromatic heterocycles. The Morgan fingerprint density at radius 1 is 1.60 bits per heavy atom. The van der Waals surface area contributed by atoms with E-state index in [1.54, 1.807) is 6.92 Å². The van der Waals surface area contributed by atoms with Gasteiger partial charge in [-0.15, -0.1) is 0 Å². The SMILES string of the molecule is CC[C@@H](O)C(=O)OC(C)=O. The summed E-state index contributed by atoms with van der Waals surface area (Å²) in [6, 6.07) is 0. The van der Waals surface area contributed by atoms with E-state index in [-0.39, 0.29) is 6.42 Å². The fourth-order valence-electron chi connectivity index (χ4n) is 0.376. The number of hydrogen-bond donors (Lipinski definition) is 1. The Morgan fingerprint density at radius 2 is 2.10 bits per heavy atom. The molecule has 0 aliphatic heterocycles. The Hall–Kier alpha value is -0.900. The van der Waals surface area contributed by atoms with Gasteiger partial charge in [-0.1, -0.05) is 6.92 Å². The number of esters is 2. The highest BCUT2D eigenvalue weighted by Gasteiger charge is 2.15. The van der Waals surface area contributed by atoms with Crippen molar-refractivity contribution in [2.45, 2.75) is 26.4 Å². The average Bonchev–Trinajstić information content (AvgIpc) is 1.85. The smallest absolute Gasteiger partial charge is 0.342 e. The quantitative estimate of drug-likeness (QED) is 0.434. The van der Waals surface area contributed by atoms with Crippen LogP contribution in [-0.4, -0.2) is 23.1 Å². The number of ether oxygens (including phenoxy) is 1. The molecule has 4 nitrogen and oxygen atoms in total. The summed E-state index contributed by atoms with van der Waals surface area (Å²) in [6.45, 7) is 2.73. The van der Waals surface area contributed by atoms with Crippen LogP contribution in [0.4, 0.5) is 0 Å². The van der Waals surface area contributed by atoms with Gasteiger partial charge in [0.1, 0.15) is 0 Å². The van der Waals surface area contributed by atoms with Gasteiger partial charge in [0, 0.05) is 6.92 Å². The average molecular weight is 146 g/mol. The lowest BCUT2D eigenvalue weighted by molar-refractivity contribution is -0.164. The largest absolute Gasteiger partial charge is 0.391 e. The van der Waals surface area contributed by atoms with Crippen molar-refractivity contribution in [2.24, 2.45) is 0 Å². The van der Waals surface area contributed by atoms with Gasteiger partial charge in [0.2, 0.25) is 0 Å². The Kier molecular flexibility index (Phi) is 3.64. The second-order valence-electron chi connectivity index (χ2n) is 1.84. The number of rotatable bonds is 2. The molecule has 1 N–H and O–H groups in total. The summed E-state index contributed by atoms with van der Waals surface area (Å²) in [6.07, 6.45) is -0.921. The van der Waals surface area contributed by atoms with Gasteiger partial charge in [0.15, 0.2) is 6.10 Å². The van der Waals surface area contributed by atoms with E-state index in [9.17, 15) is 9.59 Å². The lowest BCUT2D eigenvalue weighted by Crippen LogP contribution is -2.23. The van der Waals surface area contributed by atoms with Crippen molar-refractivity contribution >= 4 is 11.9 Å². The monoisotopic (exact) mass is 146 g/mol. The highest BCUT2D eigenvalue weighted by Crippen LogP contribution is 1.93. The minimum Gasteiger partial charge on any atom is -0.391 e. The van der Waals surface area contributed by atoms with Crippen molar-refractivity contribution in [3.8, 4) is 0 Å². The fourth-order valence-corrected chi connectivity index (χ4v) is 0.376. The molecule has 0 saturated heterocycles. The number of carbonyl (C=O) groups excluding carboxylic acids is 2. The summed E-state index contributed by atoms with van der Waals surface area (Å²) < 4.78 is 4.08. The van der Waals surface area contributed by atoms with Crippen molar-refractivity contribution < 1.29 is 19.4 Å². The van der Waals surface area contributed by atoms with Crippen LogP contribution in [0.1, 0.15) is 20.3 Å². The highest BCUT2D eigenvalue weighted by molar-refractivity contribution is 5.86. The van der Waals surface area contributed by atoms with E-state index >= 15 is 0 Å². The topological polar surface area (TPSA) is 63.6 Å². The Balaban J connectivity index is 3.73. The van der Waals surface area contributed by atoms with E-state index in [0.29, 0.717) is 0 Å². The summed E-state index contributed by atoms with van der Waals surface area (Å²) in [5.74, 6) is -1.58. The third-order valence-electron chi connectivity index (χ3n) is 0.903. The molecule has 0 radical (unpaired) electrons. The number of aliphatic hydroxyl groups excluding tert-OH is 1. The van der Waals surface area contributed by atoms with Crippen LogP contribution in [0.5, 0.6) is 0 Å². The minimum absolute atomic E-state index is 0.256. The maximum absolute atomic E-state index is 10.5. The fraction of sp³-hybridized carbons (Fsp3) is 0.667. The second-order valence-corrected chi connectivity index (χ2v) is 1.84. The Labute approximate surface area is 58.8 Å². The minimum atomic E-state index is -1.18. The molecule has 0 spiro atoms. The van der Waals surface area contributed by atoms with Gasteiger partial charge < -0.3 is 9.84 Å². The summed E-state index contributed by atoms with van der Waals surface area (Å²) in [5, 5.41) is 8.75. The third kappa shape index (κ3) is 3.19. The number of hydrogen-bond acceptors (Lipinski definition) is 4. The molecule has 1 atom stereocenters. The first-order chi connectivity index (χ1) is 4.57. The Morgan fingerprint density at radius 3 is 2.40 bits per heavy atom. The molecular formula is C6H10O4. The maximum atomic E-state index is 10.5. The summed E-state index contributed by atoms with van der Waals surface area (Å²) in [4.78, 5) is 20.6. The van der Waals surface area contributed by atoms with Gasteiger partial charge in [0.05, 0.1) is 0 Å². The van der Waals surface area contributed by atoms with Crippen molar-refractivity contribution in [1.29, 1.82) is 0 Å². The maximum Gasteiger partial charge on any atom is 0.342 e. The summed E-state index contributed by atoms with van der Waals surface area (Å²) in [5.41, 5.74) is 0. The van der Waals surface area contributed by atoms with Crippen molar-refractivity contribution in [2.75, 3.05) is 0 Å². The second kappa shape index (κ2) is 4.00. The molecule has 4 heteroatoms. The van der Waals surface area contributed by atoms with Gasteiger partial charge in [0.25, 0.3) is 0 Å². The van der Waals surface area contributed by atoms with Gasteiger partial charge in [-0.3, -0.25) is 4.79 Å². The number of aliphatic hydroxyl groups is 1. The van der Waals surface area contributed by atoms with Crippen LogP contribution < -0.4 is 0 Å². The molecule has 0 amide bonds. The van der Waals surface area contributed by atoms with E-state index in [1.807, 2.05) is 0 Å². The first kappa shape index (κ1) is 9.10. The van der Waals surface area contributed by atoms with Crippen LogP contribution in [0.25, 0.3) is 0 Å². The molecule has 0 aromatic rings. The molecule has 0 fully saturated rings. The zero-order valence-electron chi connectivity index (χ0n) is 5.96. The zero-order valence-corrected chi connectivity index (χ0v) is 5.96. The number of carbonyl (C=O) groups is 2. The van der Waals surface area contributed by atoms with E-state index in [1.165, 1.54) is 0 Å². The predicted molar refractivity (Wildman–Crippen MR) is 33.1 cm³/mol. The molecular weight excluding hydrogens is 136 g/mol. The van der Waals surface area contributed by atoms with Crippen LogP contribution >= 0.6 is 0 Å². The Bertz CT molecular complexity index is 141. The van der Waals surface area contributed by atoms with Gasteiger partial charge in [-0.2, -0.15) is 0 Å². The van der Waals surface area contributed by atoms with Crippen LogP contribution in [-0.2, 0) is 14.3 Å². The van der Waals surface area contributed by atoms with Crippen LogP contribution in [0, 0.1) is 0 Å². The summed E-state index contributed by atoms with van der Waals surface area (Å²) in [7, 11) is 0. The van der Waals surface area contributed by atoms with Crippen LogP contribution in [0.2, 0.25) is 0 Å². The van der Waals surface area contributed by atoms with E-state index in [0.717, 1.165) is 6.92 Å². The van der Waals surface area contributed by atoms with E-state index in [2.05, 4.69) is 4.74 Å². The molecule has 10 heavy (non-hydrogen) atoms. The van der Waals surface area contributed by atoms with Gasteiger partial charge in [-0.25, -0.2) is 4.79 Å². The van der Waals surface area contributed by atoms with E-state index < -0.39 is 18.0 Å². The lowest BCUT2D eigenvalue weighted by Gasteiger charge is -2.03. The van der Waals surface area contributed by atoms with Crippen LogP contribution in [0.15, 0.2) is 0 Å². The zero-order chi connectivity index (χ0) is 8.15. The lowest BCUT2D eigenvalue weighted by atomic mass is 10.3. The molecule has 0 aliphatic rings. The molecule has 0 unspecified atom stereocenters. The van der Waals surface area contributed by atoms with Crippen LogP contribution in [0.3, 0.4) is 0 Å². The van der Waals surface area contributed by atoms with Crippen molar-refractivity contribution in [1.82, 2.24) is 0 Å². The molecule has 0 bridgehead atoms. The first-order valence-corrected chi connectivity index (χ1v) is 2.98. The molecule has 0 aromatic carbocycles. The molecule has 0 heterocycles. The highest BCUT2D eigenvalue weighted by atomic mass is 16.6. The molecule has 0 aliphatic carbocycles. The molecule has 0 rings (SSSR count). The predicted octanol–water partition coefficient (Wildman–Crippen LogP) is -0.153. The van der Waals surface area contributed by atoms with Gasteiger partial charge >= 0.3 is 11.9 Å². The molecule has 0 saturated carbocycles. The third-order valence-corrected chi connectivity index (χ3v) is 0.903.